The number of imidazole rings is 1. The van der Waals surface area contributed by atoms with Crippen LogP contribution < -0.4 is 5.32 Å². The predicted molar refractivity (Wildman–Crippen MR) is 112 cm³/mol. The highest BCUT2D eigenvalue weighted by atomic mass is 35.5. The molecule has 0 aliphatic heterocycles. The molecule has 0 atom stereocenters. The van der Waals surface area contributed by atoms with Crippen molar-refractivity contribution in [2.75, 3.05) is 24.8 Å². The van der Waals surface area contributed by atoms with Gasteiger partial charge in [-0.25, -0.2) is 4.98 Å². The molecular formula is C19H19Cl2N3O2S. The third-order valence-corrected chi connectivity index (χ3v) is 5.45. The highest BCUT2D eigenvalue weighted by molar-refractivity contribution is 7.99. The molecule has 0 radical (unpaired) electrons. The Labute approximate surface area is 172 Å². The molecule has 1 heterocycles. The summed E-state index contributed by atoms with van der Waals surface area (Å²) in [6, 6.07) is 11.1. The lowest BCUT2D eigenvalue weighted by Crippen LogP contribution is -2.15. The maximum Gasteiger partial charge on any atom is 0.234 e. The van der Waals surface area contributed by atoms with E-state index < -0.39 is 0 Å². The van der Waals surface area contributed by atoms with E-state index in [9.17, 15) is 4.79 Å². The van der Waals surface area contributed by atoms with Crippen LogP contribution in [0.15, 0.2) is 41.6 Å². The van der Waals surface area contributed by atoms with Gasteiger partial charge in [0.05, 0.1) is 34.1 Å². The number of nitrogens with zero attached hydrogens (tertiary/aromatic N) is 2. The number of hydrogen-bond acceptors (Lipinski definition) is 4. The first kappa shape index (κ1) is 20.0. The fourth-order valence-corrected chi connectivity index (χ4v) is 3.92. The first-order valence-corrected chi connectivity index (χ1v) is 10.1. The van der Waals surface area contributed by atoms with Crippen molar-refractivity contribution in [1.82, 2.24) is 9.55 Å². The molecule has 2 aromatic carbocycles. The number of thioether (sulfide) groups is 1. The number of carbonyl (C=O) groups excluding carboxylic acids is 1. The van der Waals surface area contributed by atoms with Crippen LogP contribution in [0.3, 0.4) is 0 Å². The number of ether oxygens (including phenoxy) is 1. The molecule has 3 aromatic rings. The summed E-state index contributed by atoms with van der Waals surface area (Å²) in [5, 5.41) is 4.73. The van der Waals surface area contributed by atoms with E-state index in [0.717, 1.165) is 21.8 Å². The average Bonchev–Trinajstić information content (AvgIpc) is 2.97. The van der Waals surface area contributed by atoms with Crippen LogP contribution in [0.25, 0.3) is 11.0 Å². The summed E-state index contributed by atoms with van der Waals surface area (Å²) < 4.78 is 7.23. The Morgan fingerprint density at radius 3 is 2.81 bits per heavy atom. The number of aromatic nitrogens is 2. The van der Waals surface area contributed by atoms with E-state index in [0.29, 0.717) is 28.9 Å². The minimum Gasteiger partial charge on any atom is -0.383 e. The van der Waals surface area contributed by atoms with Gasteiger partial charge in [-0.2, -0.15) is 0 Å². The Bertz CT molecular complexity index is 975. The molecule has 0 fully saturated rings. The summed E-state index contributed by atoms with van der Waals surface area (Å²) >= 11 is 13.6. The molecule has 0 aliphatic carbocycles. The molecule has 0 unspecified atom stereocenters. The third-order valence-electron chi connectivity index (χ3n) is 3.93. The van der Waals surface area contributed by atoms with Crippen molar-refractivity contribution in [3.63, 3.8) is 0 Å². The van der Waals surface area contributed by atoms with Crippen LogP contribution in [0.4, 0.5) is 5.69 Å². The van der Waals surface area contributed by atoms with Gasteiger partial charge < -0.3 is 14.6 Å². The number of methoxy groups -OCH3 is 1. The van der Waals surface area contributed by atoms with E-state index in [2.05, 4.69) is 10.3 Å². The van der Waals surface area contributed by atoms with Crippen LogP contribution in [-0.2, 0) is 16.1 Å². The third kappa shape index (κ3) is 4.96. The number of aryl methyl sites for hydroxylation is 1. The summed E-state index contributed by atoms with van der Waals surface area (Å²) in [6.07, 6.45) is 0. The van der Waals surface area contributed by atoms with E-state index in [-0.39, 0.29) is 11.7 Å². The van der Waals surface area contributed by atoms with Gasteiger partial charge in [0, 0.05) is 18.7 Å². The summed E-state index contributed by atoms with van der Waals surface area (Å²) in [5.74, 6) is 0.0722. The highest BCUT2D eigenvalue weighted by Crippen LogP contribution is 2.27. The second-order valence-corrected chi connectivity index (χ2v) is 7.78. The number of anilines is 1. The average molecular weight is 424 g/mol. The zero-order valence-electron chi connectivity index (χ0n) is 15.0. The van der Waals surface area contributed by atoms with E-state index in [1.54, 1.807) is 13.2 Å². The Kier molecular flexibility index (Phi) is 6.65. The van der Waals surface area contributed by atoms with E-state index in [1.165, 1.54) is 11.8 Å². The number of hydrogen-bond donors (Lipinski definition) is 1. The Balaban J connectivity index is 1.74. The van der Waals surface area contributed by atoms with Gasteiger partial charge in [0.2, 0.25) is 5.91 Å². The molecule has 0 saturated heterocycles. The number of carbonyl (C=O) groups is 1. The van der Waals surface area contributed by atoms with Gasteiger partial charge in [0.1, 0.15) is 0 Å². The van der Waals surface area contributed by atoms with Crippen LogP contribution in [0, 0.1) is 6.92 Å². The molecule has 0 spiro atoms. The van der Waals surface area contributed by atoms with Crippen LogP contribution in [-0.4, -0.2) is 34.9 Å². The molecule has 27 heavy (non-hydrogen) atoms. The molecule has 1 aromatic heterocycles. The van der Waals surface area contributed by atoms with Crippen LogP contribution in [0.1, 0.15) is 5.56 Å². The Morgan fingerprint density at radius 2 is 2.07 bits per heavy atom. The van der Waals surface area contributed by atoms with Crippen LogP contribution >= 0.6 is 35.0 Å². The van der Waals surface area contributed by atoms with Crippen LogP contribution in [0.5, 0.6) is 0 Å². The minimum absolute atomic E-state index is 0.144. The molecule has 0 bridgehead atoms. The maximum atomic E-state index is 12.3. The van der Waals surface area contributed by atoms with Gasteiger partial charge >= 0.3 is 0 Å². The zero-order valence-corrected chi connectivity index (χ0v) is 17.3. The van der Waals surface area contributed by atoms with Crippen molar-refractivity contribution in [3.05, 3.63) is 52.0 Å². The molecule has 1 N–H and O–H groups in total. The predicted octanol–water partition coefficient (Wildman–Crippen LogP) is 5.03. The first-order chi connectivity index (χ1) is 13.0. The molecule has 8 heteroatoms. The number of benzene rings is 2. The summed E-state index contributed by atoms with van der Waals surface area (Å²) in [5.41, 5.74) is 3.40. The quantitative estimate of drug-likeness (QED) is 0.541. The summed E-state index contributed by atoms with van der Waals surface area (Å²) in [7, 11) is 1.65. The van der Waals surface area contributed by atoms with Gasteiger partial charge in [0.15, 0.2) is 5.16 Å². The van der Waals surface area contributed by atoms with Gasteiger partial charge in [-0.3, -0.25) is 4.79 Å². The SMILES string of the molecule is COCCn1c(SCC(=O)Nc2ccc(C)cc2Cl)nc2cc(Cl)ccc21. The normalized spacial score (nSPS) is 11.1. The molecule has 1 amide bonds. The fourth-order valence-electron chi connectivity index (χ4n) is 2.63. The molecule has 3 rings (SSSR count). The van der Waals surface area contributed by atoms with Crippen molar-refractivity contribution < 1.29 is 9.53 Å². The van der Waals surface area contributed by atoms with E-state index in [1.807, 2.05) is 41.8 Å². The molecule has 0 saturated carbocycles. The number of halogens is 2. The van der Waals surface area contributed by atoms with Gasteiger partial charge in [-0.1, -0.05) is 41.0 Å². The first-order valence-electron chi connectivity index (χ1n) is 8.31. The minimum atomic E-state index is -0.144. The number of rotatable bonds is 7. The van der Waals surface area contributed by atoms with Gasteiger partial charge in [0.25, 0.3) is 0 Å². The standard InChI is InChI=1S/C19H19Cl2N3O2S/c1-12-3-5-15(14(21)9-12)22-18(25)11-27-19-23-16-10-13(20)4-6-17(16)24(19)7-8-26-2/h3-6,9-10H,7-8,11H2,1-2H3,(H,22,25). The van der Waals surface area contributed by atoms with Crippen molar-refractivity contribution >= 4 is 57.6 Å². The smallest absolute Gasteiger partial charge is 0.234 e. The molecule has 142 valence electrons. The van der Waals surface area contributed by atoms with E-state index in [4.69, 9.17) is 27.9 Å². The Hall–Kier alpha value is -1.73. The Morgan fingerprint density at radius 1 is 1.26 bits per heavy atom. The highest BCUT2D eigenvalue weighted by Gasteiger charge is 2.14. The lowest BCUT2D eigenvalue weighted by atomic mass is 10.2. The molecular weight excluding hydrogens is 405 g/mol. The van der Waals surface area contributed by atoms with Crippen molar-refractivity contribution in [2.45, 2.75) is 18.6 Å². The zero-order chi connectivity index (χ0) is 19.4. The summed E-state index contributed by atoms with van der Waals surface area (Å²) in [4.78, 5) is 17.0. The molecule has 0 aliphatic rings. The largest absolute Gasteiger partial charge is 0.383 e. The van der Waals surface area contributed by atoms with Gasteiger partial charge in [-0.15, -0.1) is 0 Å². The topological polar surface area (TPSA) is 56.1 Å². The number of amides is 1. The van der Waals surface area contributed by atoms with Crippen molar-refractivity contribution in [3.8, 4) is 0 Å². The summed E-state index contributed by atoms with van der Waals surface area (Å²) in [6.45, 7) is 3.14. The number of fused-ring (bicyclic) bond motifs is 1. The second-order valence-electron chi connectivity index (χ2n) is 5.99. The monoisotopic (exact) mass is 423 g/mol. The molecule has 5 nitrogen and oxygen atoms in total. The van der Waals surface area contributed by atoms with Gasteiger partial charge in [-0.05, 0) is 42.8 Å². The lowest BCUT2D eigenvalue weighted by Gasteiger charge is -2.09. The van der Waals surface area contributed by atoms with E-state index >= 15 is 0 Å². The fraction of sp³-hybridized carbons (Fsp3) is 0.263. The number of nitrogens with one attached hydrogen (secondary N) is 1. The lowest BCUT2D eigenvalue weighted by molar-refractivity contribution is -0.113. The van der Waals surface area contributed by atoms with Crippen LogP contribution in [0.2, 0.25) is 10.0 Å². The van der Waals surface area contributed by atoms with Crippen molar-refractivity contribution in [1.29, 1.82) is 0 Å². The maximum absolute atomic E-state index is 12.3. The van der Waals surface area contributed by atoms with Crippen molar-refractivity contribution in [2.24, 2.45) is 0 Å². The second kappa shape index (κ2) is 8.97.